The van der Waals surface area contributed by atoms with Crippen molar-refractivity contribution in [2.75, 3.05) is 13.1 Å². The molecule has 0 bridgehead atoms. The highest BCUT2D eigenvalue weighted by atomic mass is 35.5. The molecule has 2 aromatic carbocycles. The molecule has 0 unspecified atom stereocenters. The maximum Gasteiger partial charge on any atom is 0.0923 e. The molecule has 0 radical (unpaired) electrons. The van der Waals surface area contributed by atoms with Crippen molar-refractivity contribution in [1.82, 2.24) is 14.7 Å². The first kappa shape index (κ1) is 21.5. The molecule has 0 saturated carbocycles. The third-order valence-electron chi connectivity index (χ3n) is 5.10. The van der Waals surface area contributed by atoms with Crippen molar-refractivity contribution < 1.29 is 0 Å². The minimum atomic E-state index is 0. The van der Waals surface area contributed by atoms with E-state index in [2.05, 4.69) is 83.4 Å². The molecule has 0 amide bonds. The summed E-state index contributed by atoms with van der Waals surface area (Å²) >= 11 is 0. The van der Waals surface area contributed by atoms with Gasteiger partial charge < -0.3 is 0 Å². The molecule has 1 saturated heterocycles. The van der Waals surface area contributed by atoms with Crippen molar-refractivity contribution in [3.05, 3.63) is 78.0 Å². The van der Waals surface area contributed by atoms with Crippen LogP contribution in [-0.2, 0) is 6.54 Å². The number of piperidine rings is 1. The highest BCUT2D eigenvalue weighted by Gasteiger charge is 2.21. The van der Waals surface area contributed by atoms with Gasteiger partial charge in [0.15, 0.2) is 0 Å². The van der Waals surface area contributed by atoms with Gasteiger partial charge in [-0.05, 0) is 37.5 Å². The van der Waals surface area contributed by atoms with E-state index in [0.29, 0.717) is 6.04 Å². The van der Waals surface area contributed by atoms with Crippen LogP contribution in [0.1, 0.15) is 30.0 Å². The highest BCUT2D eigenvalue weighted by Crippen LogP contribution is 2.25. The van der Waals surface area contributed by atoms with Crippen molar-refractivity contribution in [2.24, 2.45) is 0 Å². The van der Waals surface area contributed by atoms with Gasteiger partial charge in [0, 0.05) is 31.4 Å². The van der Waals surface area contributed by atoms with Crippen molar-refractivity contribution in [1.29, 1.82) is 0 Å². The Bertz CT molecular complexity index is 824. The molecule has 1 fully saturated rings. The van der Waals surface area contributed by atoms with E-state index in [4.69, 9.17) is 5.10 Å². The Balaban J connectivity index is 0.00000131. The molecule has 27 heavy (non-hydrogen) atoms. The van der Waals surface area contributed by atoms with Gasteiger partial charge in [-0.15, -0.1) is 24.8 Å². The van der Waals surface area contributed by atoms with E-state index in [1.54, 1.807) is 0 Å². The van der Waals surface area contributed by atoms with Crippen LogP contribution in [0, 0.1) is 6.92 Å². The van der Waals surface area contributed by atoms with Crippen LogP contribution in [-0.4, -0.2) is 27.8 Å². The normalized spacial score (nSPS) is 15.0. The summed E-state index contributed by atoms with van der Waals surface area (Å²) in [5.74, 6) is 0. The van der Waals surface area contributed by atoms with Gasteiger partial charge in [-0.25, -0.2) is 0 Å². The van der Waals surface area contributed by atoms with Crippen LogP contribution in [0.5, 0.6) is 0 Å². The predicted molar refractivity (Wildman–Crippen MR) is 117 cm³/mol. The minimum Gasteiger partial charge on any atom is -0.299 e. The summed E-state index contributed by atoms with van der Waals surface area (Å²) in [7, 11) is 0. The van der Waals surface area contributed by atoms with Crippen LogP contribution in [0.25, 0.3) is 11.3 Å². The van der Waals surface area contributed by atoms with Gasteiger partial charge in [0.2, 0.25) is 0 Å². The van der Waals surface area contributed by atoms with Crippen LogP contribution >= 0.6 is 24.8 Å². The SMILES string of the molecule is Cc1cccc(-c2ccn(C3CCN(Cc4ccccc4)CC3)n2)c1.Cl.Cl. The van der Waals surface area contributed by atoms with Crippen LogP contribution < -0.4 is 0 Å². The number of hydrogen-bond donors (Lipinski definition) is 0. The Morgan fingerprint density at radius 3 is 2.37 bits per heavy atom. The second-order valence-corrected chi connectivity index (χ2v) is 7.04. The molecule has 2 heterocycles. The van der Waals surface area contributed by atoms with Crippen LogP contribution in [0.3, 0.4) is 0 Å². The van der Waals surface area contributed by atoms with E-state index in [9.17, 15) is 0 Å². The van der Waals surface area contributed by atoms with E-state index >= 15 is 0 Å². The first-order valence-electron chi connectivity index (χ1n) is 9.16. The van der Waals surface area contributed by atoms with Gasteiger partial charge in [0.1, 0.15) is 0 Å². The molecule has 0 N–H and O–H groups in total. The number of rotatable bonds is 4. The number of benzene rings is 2. The molecular formula is C22H27Cl2N3. The average molecular weight is 404 g/mol. The van der Waals surface area contributed by atoms with Crippen LogP contribution in [0.2, 0.25) is 0 Å². The Morgan fingerprint density at radius 1 is 0.926 bits per heavy atom. The first-order valence-corrected chi connectivity index (χ1v) is 9.16. The second-order valence-electron chi connectivity index (χ2n) is 7.04. The summed E-state index contributed by atoms with van der Waals surface area (Å²) in [6.07, 6.45) is 4.48. The predicted octanol–water partition coefficient (Wildman–Crippen LogP) is 5.54. The third-order valence-corrected chi connectivity index (χ3v) is 5.10. The lowest BCUT2D eigenvalue weighted by atomic mass is 10.0. The van der Waals surface area contributed by atoms with Gasteiger partial charge in [0.25, 0.3) is 0 Å². The van der Waals surface area contributed by atoms with Gasteiger partial charge >= 0.3 is 0 Å². The fourth-order valence-electron chi connectivity index (χ4n) is 3.68. The fraction of sp³-hybridized carbons (Fsp3) is 0.318. The maximum atomic E-state index is 4.85. The summed E-state index contributed by atoms with van der Waals surface area (Å²) in [6, 6.07) is 22.0. The Labute approximate surface area is 174 Å². The topological polar surface area (TPSA) is 21.1 Å². The highest BCUT2D eigenvalue weighted by molar-refractivity contribution is 5.85. The Hall–Kier alpha value is -1.81. The average Bonchev–Trinajstić information content (AvgIpc) is 3.13. The van der Waals surface area contributed by atoms with Crippen molar-refractivity contribution >= 4 is 24.8 Å². The molecule has 0 atom stereocenters. The number of aromatic nitrogens is 2. The van der Waals surface area contributed by atoms with Crippen LogP contribution in [0.4, 0.5) is 0 Å². The van der Waals surface area contributed by atoms with E-state index in [1.807, 2.05) is 0 Å². The number of nitrogens with zero attached hydrogens (tertiary/aromatic N) is 3. The molecule has 144 valence electrons. The molecular weight excluding hydrogens is 377 g/mol. The molecule has 3 aromatic rings. The summed E-state index contributed by atoms with van der Waals surface area (Å²) < 4.78 is 2.18. The zero-order valence-electron chi connectivity index (χ0n) is 15.6. The third kappa shape index (κ3) is 5.35. The Kier molecular flexibility index (Phi) is 7.91. The van der Waals surface area contributed by atoms with Crippen LogP contribution in [0.15, 0.2) is 66.9 Å². The molecule has 0 spiro atoms. The van der Waals surface area contributed by atoms with Crippen molar-refractivity contribution in [3.63, 3.8) is 0 Å². The zero-order valence-corrected chi connectivity index (χ0v) is 17.3. The maximum absolute atomic E-state index is 4.85. The van der Waals surface area contributed by atoms with E-state index < -0.39 is 0 Å². The van der Waals surface area contributed by atoms with E-state index in [0.717, 1.165) is 25.3 Å². The number of hydrogen-bond acceptors (Lipinski definition) is 2. The zero-order chi connectivity index (χ0) is 17.1. The standard InChI is InChI=1S/C22H25N3.2ClH/c1-18-6-5-9-20(16-18)22-12-15-25(23-22)21-10-13-24(14-11-21)17-19-7-3-2-4-8-19;;/h2-9,12,15-16,21H,10-11,13-14,17H2,1H3;2*1H. The summed E-state index contributed by atoms with van der Waals surface area (Å²) in [5, 5.41) is 4.85. The molecule has 3 nitrogen and oxygen atoms in total. The molecule has 1 aliphatic rings. The summed E-state index contributed by atoms with van der Waals surface area (Å²) in [6.45, 7) is 5.46. The quantitative estimate of drug-likeness (QED) is 0.569. The van der Waals surface area contributed by atoms with Crippen molar-refractivity contribution in [3.8, 4) is 11.3 Å². The molecule has 1 aromatic heterocycles. The minimum absolute atomic E-state index is 0. The van der Waals surface area contributed by atoms with Gasteiger partial charge in [0.05, 0.1) is 11.7 Å². The molecule has 0 aliphatic carbocycles. The Morgan fingerprint density at radius 2 is 1.67 bits per heavy atom. The largest absolute Gasteiger partial charge is 0.299 e. The van der Waals surface area contributed by atoms with Gasteiger partial charge in [-0.1, -0.05) is 54.1 Å². The van der Waals surface area contributed by atoms with Gasteiger partial charge in [-0.3, -0.25) is 9.58 Å². The monoisotopic (exact) mass is 403 g/mol. The van der Waals surface area contributed by atoms with Crippen molar-refractivity contribution in [2.45, 2.75) is 32.4 Å². The lowest BCUT2D eigenvalue weighted by Crippen LogP contribution is -2.34. The summed E-state index contributed by atoms with van der Waals surface area (Å²) in [5.41, 5.74) is 4.97. The number of halogens is 2. The summed E-state index contributed by atoms with van der Waals surface area (Å²) in [4.78, 5) is 2.55. The first-order chi connectivity index (χ1) is 12.3. The number of aryl methyl sites for hydroxylation is 1. The van der Waals surface area contributed by atoms with E-state index in [1.165, 1.54) is 29.5 Å². The molecule has 5 heteroatoms. The smallest absolute Gasteiger partial charge is 0.0923 e. The fourth-order valence-corrected chi connectivity index (χ4v) is 3.68. The molecule has 1 aliphatic heterocycles. The second kappa shape index (κ2) is 9.93. The van der Waals surface area contributed by atoms with E-state index in [-0.39, 0.29) is 24.8 Å². The lowest BCUT2D eigenvalue weighted by Gasteiger charge is -2.32. The molecule has 4 rings (SSSR count). The lowest BCUT2D eigenvalue weighted by molar-refractivity contribution is 0.173. The van der Waals surface area contributed by atoms with Gasteiger partial charge in [-0.2, -0.15) is 5.10 Å². The number of likely N-dealkylation sites (tertiary alicyclic amines) is 1.